The summed E-state index contributed by atoms with van der Waals surface area (Å²) < 4.78 is 5.29. The van der Waals surface area contributed by atoms with Gasteiger partial charge in [0.2, 0.25) is 0 Å². The van der Waals surface area contributed by atoms with Crippen LogP contribution < -0.4 is 5.73 Å². The molecule has 2 N–H and O–H groups in total. The van der Waals surface area contributed by atoms with Gasteiger partial charge in [0.25, 0.3) is 0 Å². The minimum absolute atomic E-state index is 0.291. The van der Waals surface area contributed by atoms with E-state index in [1.165, 1.54) is 0 Å². The second-order valence-corrected chi connectivity index (χ2v) is 5.42. The van der Waals surface area contributed by atoms with Crippen molar-refractivity contribution >= 4 is 6.09 Å². The molecule has 3 rings (SSSR count). The van der Waals surface area contributed by atoms with Crippen molar-refractivity contribution < 1.29 is 9.53 Å². The third-order valence-corrected chi connectivity index (χ3v) is 3.76. The number of benzene rings is 2. The predicted molar refractivity (Wildman–Crippen MR) is 80.5 cm³/mol. The molecule has 0 spiro atoms. The Hall–Kier alpha value is -2.33. The highest BCUT2D eigenvalue weighted by molar-refractivity contribution is 5.69. The highest BCUT2D eigenvalue weighted by atomic mass is 16.6. The Morgan fingerprint density at radius 3 is 2.24 bits per heavy atom. The Morgan fingerprint density at radius 1 is 1.05 bits per heavy atom. The van der Waals surface area contributed by atoms with Gasteiger partial charge in [-0.25, -0.2) is 4.79 Å². The smallest absolute Gasteiger partial charge is 0.410 e. The lowest BCUT2D eigenvalue weighted by Crippen LogP contribution is -2.66. The Bertz CT molecular complexity index is 607. The van der Waals surface area contributed by atoms with Crippen molar-refractivity contribution in [3.63, 3.8) is 0 Å². The molecule has 1 saturated heterocycles. The molecule has 1 heterocycles. The fraction of sp³-hybridized carbons (Fsp3) is 0.235. The molecule has 0 unspecified atom stereocenters. The van der Waals surface area contributed by atoms with Crippen LogP contribution in [0.1, 0.15) is 11.1 Å². The number of carbonyl (C=O) groups is 1. The van der Waals surface area contributed by atoms with E-state index in [2.05, 4.69) is 0 Å². The monoisotopic (exact) mass is 282 g/mol. The van der Waals surface area contributed by atoms with E-state index in [1.807, 2.05) is 60.7 Å². The first-order chi connectivity index (χ1) is 10.2. The molecule has 0 saturated carbocycles. The average Bonchev–Trinajstić information content (AvgIpc) is 2.51. The van der Waals surface area contributed by atoms with Gasteiger partial charge in [0, 0.05) is 13.1 Å². The molecule has 0 aromatic heterocycles. The van der Waals surface area contributed by atoms with E-state index in [9.17, 15) is 4.79 Å². The Kier molecular flexibility index (Phi) is 3.62. The van der Waals surface area contributed by atoms with Crippen LogP contribution in [-0.4, -0.2) is 24.1 Å². The number of ether oxygens (including phenoxy) is 1. The predicted octanol–water partition coefficient (Wildman–Crippen LogP) is 2.49. The maximum absolute atomic E-state index is 12.0. The molecule has 108 valence electrons. The maximum Gasteiger partial charge on any atom is 0.410 e. The van der Waals surface area contributed by atoms with Gasteiger partial charge in [-0.15, -0.1) is 0 Å². The standard InChI is InChI=1S/C17H18N2O2/c18-17(15-9-5-2-6-10-15)12-19(13-17)16(20)21-11-14-7-3-1-4-8-14/h1-10H,11-13,18H2. The number of rotatable bonds is 3. The average molecular weight is 282 g/mol. The molecular formula is C17H18N2O2. The van der Waals surface area contributed by atoms with Gasteiger partial charge < -0.3 is 15.4 Å². The zero-order valence-electron chi connectivity index (χ0n) is 11.7. The molecule has 1 aliphatic rings. The molecule has 21 heavy (non-hydrogen) atoms. The molecule has 1 aliphatic heterocycles. The van der Waals surface area contributed by atoms with Gasteiger partial charge in [0.15, 0.2) is 0 Å². The first kappa shape index (κ1) is 13.6. The van der Waals surface area contributed by atoms with E-state index < -0.39 is 5.54 Å². The summed E-state index contributed by atoms with van der Waals surface area (Å²) in [5, 5.41) is 0. The minimum Gasteiger partial charge on any atom is -0.445 e. The van der Waals surface area contributed by atoms with Crippen LogP contribution in [0.25, 0.3) is 0 Å². The molecule has 0 aliphatic carbocycles. The summed E-state index contributed by atoms with van der Waals surface area (Å²) in [6, 6.07) is 19.5. The molecule has 4 nitrogen and oxygen atoms in total. The first-order valence-corrected chi connectivity index (χ1v) is 6.97. The molecule has 4 heteroatoms. The second-order valence-electron chi connectivity index (χ2n) is 5.42. The summed E-state index contributed by atoms with van der Waals surface area (Å²) in [6.45, 7) is 1.27. The van der Waals surface area contributed by atoms with E-state index in [1.54, 1.807) is 4.90 Å². The zero-order valence-corrected chi connectivity index (χ0v) is 11.7. The summed E-state index contributed by atoms with van der Waals surface area (Å²) in [5.74, 6) is 0. The molecule has 0 bridgehead atoms. The Balaban J connectivity index is 1.53. The van der Waals surface area contributed by atoms with Gasteiger partial charge in [0.05, 0.1) is 5.54 Å². The van der Waals surface area contributed by atoms with Gasteiger partial charge in [-0.1, -0.05) is 60.7 Å². The summed E-state index contributed by atoms with van der Waals surface area (Å²) in [5.41, 5.74) is 7.89. The van der Waals surface area contributed by atoms with Gasteiger partial charge in [-0.05, 0) is 11.1 Å². The minimum atomic E-state index is -0.451. The zero-order chi connectivity index (χ0) is 14.7. The van der Waals surface area contributed by atoms with Gasteiger partial charge >= 0.3 is 6.09 Å². The molecule has 0 radical (unpaired) electrons. The molecule has 1 fully saturated rings. The number of nitrogens with zero attached hydrogens (tertiary/aromatic N) is 1. The van der Waals surface area contributed by atoms with Crippen LogP contribution in [0.3, 0.4) is 0 Å². The van der Waals surface area contributed by atoms with Crippen LogP contribution >= 0.6 is 0 Å². The van der Waals surface area contributed by atoms with Gasteiger partial charge in [0.1, 0.15) is 6.61 Å². The van der Waals surface area contributed by atoms with Crippen LogP contribution in [0.4, 0.5) is 4.79 Å². The van der Waals surface area contributed by atoms with Crippen LogP contribution in [0.15, 0.2) is 60.7 Å². The normalized spacial score (nSPS) is 16.1. The van der Waals surface area contributed by atoms with E-state index >= 15 is 0 Å². The molecule has 2 aromatic rings. The van der Waals surface area contributed by atoms with E-state index in [4.69, 9.17) is 10.5 Å². The van der Waals surface area contributed by atoms with Crippen molar-refractivity contribution in [1.29, 1.82) is 0 Å². The number of likely N-dealkylation sites (tertiary alicyclic amines) is 1. The quantitative estimate of drug-likeness (QED) is 0.941. The number of nitrogens with two attached hydrogens (primary N) is 1. The van der Waals surface area contributed by atoms with Crippen LogP contribution in [0, 0.1) is 0 Å². The summed E-state index contributed by atoms with van der Waals surface area (Å²) in [4.78, 5) is 13.6. The van der Waals surface area contributed by atoms with E-state index in [-0.39, 0.29) is 6.09 Å². The van der Waals surface area contributed by atoms with Gasteiger partial charge in [-0.2, -0.15) is 0 Å². The Labute approximate surface area is 124 Å². The topological polar surface area (TPSA) is 55.6 Å². The SMILES string of the molecule is NC1(c2ccccc2)CN(C(=O)OCc2ccccc2)C1. The molecule has 2 aromatic carbocycles. The third-order valence-electron chi connectivity index (χ3n) is 3.76. The first-order valence-electron chi connectivity index (χ1n) is 6.97. The van der Waals surface area contributed by atoms with Crippen molar-refractivity contribution in [2.24, 2.45) is 5.73 Å². The fourth-order valence-electron chi connectivity index (χ4n) is 2.53. The van der Waals surface area contributed by atoms with Crippen LogP contribution in [0.5, 0.6) is 0 Å². The lowest BCUT2D eigenvalue weighted by atomic mass is 9.84. The van der Waals surface area contributed by atoms with E-state index in [0.717, 1.165) is 11.1 Å². The van der Waals surface area contributed by atoms with Crippen molar-refractivity contribution in [1.82, 2.24) is 4.90 Å². The number of carbonyl (C=O) groups excluding carboxylic acids is 1. The fourth-order valence-corrected chi connectivity index (χ4v) is 2.53. The van der Waals surface area contributed by atoms with E-state index in [0.29, 0.717) is 19.7 Å². The van der Waals surface area contributed by atoms with Crippen LogP contribution in [0.2, 0.25) is 0 Å². The van der Waals surface area contributed by atoms with Gasteiger partial charge in [-0.3, -0.25) is 0 Å². The van der Waals surface area contributed by atoms with Crippen molar-refractivity contribution in [3.8, 4) is 0 Å². The number of amides is 1. The highest BCUT2D eigenvalue weighted by Gasteiger charge is 2.43. The summed E-state index contributed by atoms with van der Waals surface area (Å²) in [7, 11) is 0. The number of hydrogen-bond acceptors (Lipinski definition) is 3. The van der Waals surface area contributed by atoms with Crippen LogP contribution in [-0.2, 0) is 16.9 Å². The number of hydrogen-bond donors (Lipinski definition) is 1. The third kappa shape index (κ3) is 2.90. The molecule has 0 atom stereocenters. The molecular weight excluding hydrogens is 264 g/mol. The van der Waals surface area contributed by atoms with Crippen molar-refractivity contribution in [3.05, 3.63) is 71.8 Å². The van der Waals surface area contributed by atoms with Crippen molar-refractivity contribution in [2.75, 3.05) is 13.1 Å². The largest absolute Gasteiger partial charge is 0.445 e. The lowest BCUT2D eigenvalue weighted by molar-refractivity contribution is 0.0353. The lowest BCUT2D eigenvalue weighted by Gasteiger charge is -2.47. The second kappa shape index (κ2) is 5.58. The molecule has 1 amide bonds. The van der Waals surface area contributed by atoms with Crippen molar-refractivity contribution in [2.45, 2.75) is 12.1 Å². The Morgan fingerprint density at radius 2 is 1.62 bits per heavy atom. The maximum atomic E-state index is 12.0. The summed E-state index contributed by atoms with van der Waals surface area (Å²) in [6.07, 6.45) is -0.309. The highest BCUT2D eigenvalue weighted by Crippen LogP contribution is 2.29. The summed E-state index contributed by atoms with van der Waals surface area (Å²) >= 11 is 0.